The lowest BCUT2D eigenvalue weighted by molar-refractivity contribution is 0.102. The van der Waals surface area contributed by atoms with Gasteiger partial charge in [0.1, 0.15) is 0 Å². The molecule has 0 bridgehead atoms. The van der Waals surface area contributed by atoms with Crippen LogP contribution < -0.4 is 10.5 Å². The van der Waals surface area contributed by atoms with Gasteiger partial charge in [-0.1, -0.05) is 0 Å². The molecule has 0 atom stereocenters. The van der Waals surface area contributed by atoms with Crippen LogP contribution in [0.15, 0.2) is 24.4 Å². The predicted octanol–water partition coefficient (Wildman–Crippen LogP) is 2.03. The molecule has 0 saturated heterocycles. The largest absolute Gasteiger partial charge is 0.493 e. The third-order valence-electron chi connectivity index (χ3n) is 3.07. The van der Waals surface area contributed by atoms with Gasteiger partial charge in [-0.15, -0.1) is 0 Å². The lowest BCUT2D eigenvalue weighted by Gasteiger charge is -2.08. The molecule has 0 aliphatic carbocycles. The average Bonchev–Trinajstić information content (AvgIpc) is 2.83. The van der Waals surface area contributed by atoms with Crippen molar-refractivity contribution in [3.63, 3.8) is 0 Å². The number of anilines is 1. The SMILES string of the molecule is CCn1ncc(OC)c1C(=O)c1ccc(N)c(C)c1. The second-order valence-electron chi connectivity index (χ2n) is 4.28. The molecule has 0 unspecified atom stereocenters. The fourth-order valence-corrected chi connectivity index (χ4v) is 1.94. The number of ether oxygens (including phenoxy) is 1. The van der Waals surface area contributed by atoms with Crippen LogP contribution in [-0.4, -0.2) is 22.7 Å². The van der Waals surface area contributed by atoms with Gasteiger partial charge in [-0.3, -0.25) is 9.48 Å². The number of hydrogen-bond acceptors (Lipinski definition) is 4. The number of aryl methyl sites for hydroxylation is 2. The van der Waals surface area contributed by atoms with E-state index < -0.39 is 0 Å². The molecule has 0 spiro atoms. The minimum atomic E-state index is -0.112. The van der Waals surface area contributed by atoms with Crippen LogP contribution in [-0.2, 0) is 6.54 Å². The van der Waals surface area contributed by atoms with Crippen molar-refractivity contribution in [2.24, 2.45) is 0 Å². The number of nitrogens with two attached hydrogens (primary N) is 1. The van der Waals surface area contributed by atoms with Crippen LogP contribution in [0.25, 0.3) is 0 Å². The molecule has 100 valence electrons. The van der Waals surface area contributed by atoms with E-state index in [0.29, 0.717) is 29.2 Å². The van der Waals surface area contributed by atoms with Crippen LogP contribution >= 0.6 is 0 Å². The van der Waals surface area contributed by atoms with Gasteiger partial charge in [-0.2, -0.15) is 5.10 Å². The first-order valence-electron chi connectivity index (χ1n) is 6.09. The summed E-state index contributed by atoms with van der Waals surface area (Å²) in [5.41, 5.74) is 8.37. The fourth-order valence-electron chi connectivity index (χ4n) is 1.94. The van der Waals surface area contributed by atoms with Gasteiger partial charge in [0.15, 0.2) is 11.4 Å². The molecule has 0 saturated carbocycles. The molecule has 0 radical (unpaired) electrons. The van der Waals surface area contributed by atoms with Crippen molar-refractivity contribution in [3.05, 3.63) is 41.2 Å². The van der Waals surface area contributed by atoms with E-state index in [-0.39, 0.29) is 5.78 Å². The van der Waals surface area contributed by atoms with Gasteiger partial charge in [0, 0.05) is 17.8 Å². The van der Waals surface area contributed by atoms with Gasteiger partial charge in [0.2, 0.25) is 5.78 Å². The van der Waals surface area contributed by atoms with Crippen molar-refractivity contribution in [3.8, 4) is 5.75 Å². The van der Waals surface area contributed by atoms with Crippen LogP contribution in [0.5, 0.6) is 5.75 Å². The Morgan fingerprint density at radius 2 is 2.21 bits per heavy atom. The maximum atomic E-state index is 12.5. The number of nitrogen functional groups attached to an aromatic ring is 1. The Balaban J connectivity index is 2.49. The number of hydrogen-bond donors (Lipinski definition) is 1. The van der Waals surface area contributed by atoms with E-state index in [2.05, 4.69) is 5.10 Å². The molecule has 0 amide bonds. The van der Waals surface area contributed by atoms with Gasteiger partial charge >= 0.3 is 0 Å². The van der Waals surface area contributed by atoms with E-state index in [4.69, 9.17) is 10.5 Å². The minimum absolute atomic E-state index is 0.112. The summed E-state index contributed by atoms with van der Waals surface area (Å²) in [4.78, 5) is 12.5. The number of ketones is 1. The number of aromatic nitrogens is 2. The fraction of sp³-hybridized carbons (Fsp3) is 0.286. The maximum absolute atomic E-state index is 12.5. The molecule has 0 aliphatic heterocycles. The second-order valence-corrected chi connectivity index (χ2v) is 4.28. The third-order valence-corrected chi connectivity index (χ3v) is 3.07. The zero-order chi connectivity index (χ0) is 14.0. The van der Waals surface area contributed by atoms with Crippen LogP contribution in [0.1, 0.15) is 28.5 Å². The molecule has 1 heterocycles. The smallest absolute Gasteiger partial charge is 0.214 e. The highest BCUT2D eigenvalue weighted by Gasteiger charge is 2.20. The molecule has 19 heavy (non-hydrogen) atoms. The van der Waals surface area contributed by atoms with Gasteiger partial charge < -0.3 is 10.5 Å². The van der Waals surface area contributed by atoms with Crippen molar-refractivity contribution in [1.29, 1.82) is 0 Å². The zero-order valence-electron chi connectivity index (χ0n) is 11.3. The molecule has 5 nitrogen and oxygen atoms in total. The van der Waals surface area contributed by atoms with E-state index in [1.54, 1.807) is 29.1 Å². The first kappa shape index (κ1) is 13.1. The van der Waals surface area contributed by atoms with Gasteiger partial charge in [-0.05, 0) is 37.6 Å². The maximum Gasteiger partial charge on any atom is 0.214 e. The molecular formula is C14H17N3O2. The molecule has 5 heteroatoms. The summed E-state index contributed by atoms with van der Waals surface area (Å²) in [7, 11) is 1.53. The summed E-state index contributed by atoms with van der Waals surface area (Å²) in [6.45, 7) is 4.41. The second kappa shape index (κ2) is 5.14. The molecule has 1 aromatic heterocycles. The number of methoxy groups -OCH3 is 1. The first-order chi connectivity index (χ1) is 9.08. The quantitative estimate of drug-likeness (QED) is 0.673. The van der Waals surface area contributed by atoms with E-state index >= 15 is 0 Å². The molecule has 2 rings (SSSR count). The lowest BCUT2D eigenvalue weighted by atomic mass is 10.0. The number of nitrogens with zero attached hydrogens (tertiary/aromatic N) is 2. The summed E-state index contributed by atoms with van der Waals surface area (Å²) in [5.74, 6) is 0.376. The summed E-state index contributed by atoms with van der Waals surface area (Å²) < 4.78 is 6.83. The van der Waals surface area contributed by atoms with Crippen LogP contribution in [0.2, 0.25) is 0 Å². The van der Waals surface area contributed by atoms with Crippen molar-refractivity contribution < 1.29 is 9.53 Å². The Morgan fingerprint density at radius 1 is 1.47 bits per heavy atom. The Bertz CT molecular complexity index is 596. The average molecular weight is 259 g/mol. The van der Waals surface area contributed by atoms with Crippen LogP contribution in [0.3, 0.4) is 0 Å². The summed E-state index contributed by atoms with van der Waals surface area (Å²) in [6.07, 6.45) is 1.56. The number of rotatable bonds is 4. The Labute approximate surface area is 112 Å². The molecule has 0 fully saturated rings. The summed E-state index contributed by atoms with van der Waals surface area (Å²) in [5, 5.41) is 4.14. The van der Waals surface area contributed by atoms with Crippen LogP contribution in [0, 0.1) is 6.92 Å². The van der Waals surface area contributed by atoms with E-state index in [1.165, 1.54) is 7.11 Å². The van der Waals surface area contributed by atoms with Crippen molar-refractivity contribution >= 4 is 11.5 Å². The highest BCUT2D eigenvalue weighted by molar-refractivity contribution is 6.09. The number of carbonyl (C=O) groups excluding carboxylic acids is 1. The number of carbonyl (C=O) groups is 1. The topological polar surface area (TPSA) is 70.1 Å². The normalized spacial score (nSPS) is 10.5. The minimum Gasteiger partial charge on any atom is -0.493 e. The number of benzene rings is 1. The predicted molar refractivity (Wildman–Crippen MR) is 73.5 cm³/mol. The van der Waals surface area contributed by atoms with Crippen LogP contribution in [0.4, 0.5) is 5.69 Å². The highest BCUT2D eigenvalue weighted by atomic mass is 16.5. The van der Waals surface area contributed by atoms with E-state index in [9.17, 15) is 4.79 Å². The van der Waals surface area contributed by atoms with Gasteiger partial charge in [-0.25, -0.2) is 0 Å². The molecule has 0 aliphatic rings. The zero-order valence-corrected chi connectivity index (χ0v) is 11.3. The van der Waals surface area contributed by atoms with Gasteiger partial charge in [0.25, 0.3) is 0 Å². The van der Waals surface area contributed by atoms with Crippen molar-refractivity contribution in [2.45, 2.75) is 20.4 Å². The first-order valence-corrected chi connectivity index (χ1v) is 6.09. The van der Waals surface area contributed by atoms with Crippen molar-refractivity contribution in [2.75, 3.05) is 12.8 Å². The summed E-state index contributed by atoms with van der Waals surface area (Å²) in [6, 6.07) is 5.24. The lowest BCUT2D eigenvalue weighted by Crippen LogP contribution is -2.12. The third kappa shape index (κ3) is 2.31. The molecule has 2 aromatic rings. The molecule has 1 aromatic carbocycles. The van der Waals surface area contributed by atoms with E-state index in [1.807, 2.05) is 13.8 Å². The highest BCUT2D eigenvalue weighted by Crippen LogP contribution is 2.23. The molecular weight excluding hydrogens is 242 g/mol. The molecule has 2 N–H and O–H groups in total. The standard InChI is InChI=1S/C14H17N3O2/c1-4-17-13(12(19-3)8-16-17)14(18)10-5-6-11(15)9(2)7-10/h5-8H,4,15H2,1-3H3. The Kier molecular flexibility index (Phi) is 3.55. The van der Waals surface area contributed by atoms with Gasteiger partial charge in [0.05, 0.1) is 13.3 Å². The van der Waals surface area contributed by atoms with E-state index in [0.717, 1.165) is 5.56 Å². The monoisotopic (exact) mass is 259 g/mol. The Hall–Kier alpha value is -2.30. The summed E-state index contributed by atoms with van der Waals surface area (Å²) >= 11 is 0. The Morgan fingerprint density at radius 3 is 2.79 bits per heavy atom. The van der Waals surface area contributed by atoms with Crippen molar-refractivity contribution in [1.82, 2.24) is 9.78 Å².